The summed E-state index contributed by atoms with van der Waals surface area (Å²) >= 11 is 0. The molecule has 1 aliphatic heterocycles. The van der Waals surface area contributed by atoms with Gasteiger partial charge in [0.1, 0.15) is 16.8 Å². The summed E-state index contributed by atoms with van der Waals surface area (Å²) in [5.74, 6) is 0. The summed E-state index contributed by atoms with van der Waals surface area (Å²) in [7, 11) is 0. The number of benzene rings is 4. The summed E-state index contributed by atoms with van der Waals surface area (Å²) in [5.41, 5.74) is 8.61. The fraction of sp³-hybridized carbons (Fsp3) is 0.100. The standard InChI is InChI=1S/C30H25N2/c1-22-13-9-11-19-27(22)31-21-32-28-20-12-10-18-26(28)30(29(32)23(31)2,24-14-5-3-6-15-24)25-16-7-4-8-17-25/h3-21H,1-2H3/q+1/i21D. The fourth-order valence-corrected chi connectivity index (χ4v) is 5.40. The topological polar surface area (TPSA) is 8.81 Å². The van der Waals surface area contributed by atoms with Crippen molar-refractivity contribution >= 4 is 0 Å². The summed E-state index contributed by atoms with van der Waals surface area (Å²) < 4.78 is 13.6. The van der Waals surface area contributed by atoms with Gasteiger partial charge in [-0.2, -0.15) is 9.13 Å². The molecule has 0 unspecified atom stereocenters. The van der Waals surface area contributed by atoms with Crippen LogP contribution in [0, 0.1) is 13.8 Å². The smallest absolute Gasteiger partial charge is 0.199 e. The van der Waals surface area contributed by atoms with Gasteiger partial charge in [0.15, 0.2) is 12.8 Å². The summed E-state index contributed by atoms with van der Waals surface area (Å²) in [4.78, 5) is 0. The second-order valence-corrected chi connectivity index (χ2v) is 8.49. The number of imidazole rings is 1. The van der Waals surface area contributed by atoms with Crippen molar-refractivity contribution in [2.75, 3.05) is 0 Å². The molecule has 0 bridgehead atoms. The van der Waals surface area contributed by atoms with Crippen molar-refractivity contribution in [2.24, 2.45) is 0 Å². The molecule has 1 aromatic heterocycles. The highest BCUT2D eigenvalue weighted by Crippen LogP contribution is 2.52. The van der Waals surface area contributed by atoms with E-state index in [1.165, 1.54) is 16.7 Å². The zero-order valence-electron chi connectivity index (χ0n) is 19.3. The first-order valence-corrected chi connectivity index (χ1v) is 11.1. The maximum Gasteiger partial charge on any atom is 0.254 e. The van der Waals surface area contributed by atoms with Gasteiger partial charge >= 0.3 is 0 Å². The third kappa shape index (κ3) is 2.44. The van der Waals surface area contributed by atoms with Crippen LogP contribution < -0.4 is 4.57 Å². The quantitative estimate of drug-likeness (QED) is 0.311. The van der Waals surface area contributed by atoms with Gasteiger partial charge in [0, 0.05) is 12.5 Å². The predicted molar refractivity (Wildman–Crippen MR) is 129 cm³/mol. The van der Waals surface area contributed by atoms with Gasteiger partial charge in [0.25, 0.3) is 6.30 Å². The lowest BCUT2D eigenvalue weighted by molar-refractivity contribution is -0.602. The van der Waals surface area contributed by atoms with Crippen LogP contribution in [0.1, 0.15) is 35.0 Å². The van der Waals surface area contributed by atoms with Crippen LogP contribution in [-0.2, 0) is 5.41 Å². The Morgan fingerprint density at radius 2 is 1.25 bits per heavy atom. The molecule has 0 aliphatic carbocycles. The number of hydrogen-bond donors (Lipinski definition) is 0. The second-order valence-electron chi connectivity index (χ2n) is 8.49. The highest BCUT2D eigenvalue weighted by molar-refractivity contribution is 5.69. The minimum atomic E-state index is -0.507. The number of rotatable bonds is 3. The number of hydrogen-bond acceptors (Lipinski definition) is 0. The predicted octanol–water partition coefficient (Wildman–Crippen LogP) is 6.07. The summed E-state index contributed by atoms with van der Waals surface area (Å²) in [6.07, 6.45) is 0.470. The van der Waals surface area contributed by atoms with Crippen LogP contribution in [0.5, 0.6) is 0 Å². The van der Waals surface area contributed by atoms with Crippen LogP contribution in [-0.4, -0.2) is 4.57 Å². The minimum Gasteiger partial charge on any atom is -0.199 e. The fourth-order valence-electron chi connectivity index (χ4n) is 5.40. The molecule has 6 rings (SSSR count). The molecule has 2 nitrogen and oxygen atoms in total. The van der Waals surface area contributed by atoms with Crippen molar-refractivity contribution in [3.05, 3.63) is 149 Å². The van der Waals surface area contributed by atoms with E-state index in [4.69, 9.17) is 0 Å². The van der Waals surface area contributed by atoms with Gasteiger partial charge < -0.3 is 0 Å². The van der Waals surface area contributed by atoms with Gasteiger partial charge in [-0.15, -0.1) is 0 Å². The van der Waals surface area contributed by atoms with Gasteiger partial charge in [-0.25, -0.2) is 0 Å². The molecule has 5 aromatic rings. The molecule has 0 spiro atoms. The first-order valence-electron chi connectivity index (χ1n) is 11.6. The largest absolute Gasteiger partial charge is 0.254 e. The monoisotopic (exact) mass is 414 g/mol. The van der Waals surface area contributed by atoms with E-state index in [1.54, 1.807) is 0 Å². The Hall–Kier alpha value is -3.91. The van der Waals surface area contributed by atoms with E-state index in [0.29, 0.717) is 6.30 Å². The van der Waals surface area contributed by atoms with Crippen LogP contribution in [0.25, 0.3) is 11.4 Å². The lowest BCUT2D eigenvalue weighted by Crippen LogP contribution is -2.36. The van der Waals surface area contributed by atoms with Crippen molar-refractivity contribution in [3.8, 4) is 11.4 Å². The molecule has 2 heteroatoms. The number of aromatic nitrogens is 2. The average Bonchev–Trinajstić information content (AvgIpc) is 3.31. The molecule has 4 aromatic carbocycles. The Kier molecular flexibility index (Phi) is 3.92. The van der Waals surface area contributed by atoms with E-state index >= 15 is 0 Å². The van der Waals surface area contributed by atoms with E-state index in [9.17, 15) is 1.37 Å². The van der Waals surface area contributed by atoms with E-state index in [-0.39, 0.29) is 0 Å². The Morgan fingerprint density at radius 1 is 0.688 bits per heavy atom. The van der Waals surface area contributed by atoms with Gasteiger partial charge in [-0.05, 0) is 35.7 Å². The van der Waals surface area contributed by atoms with Crippen molar-refractivity contribution in [1.29, 1.82) is 0 Å². The minimum absolute atomic E-state index is 0.470. The Morgan fingerprint density at radius 3 is 1.91 bits per heavy atom. The van der Waals surface area contributed by atoms with Crippen LogP contribution in [0.15, 0.2) is 115 Å². The second kappa shape index (κ2) is 7.06. The maximum atomic E-state index is 9.34. The van der Waals surface area contributed by atoms with Crippen LogP contribution in [0.4, 0.5) is 0 Å². The molecule has 0 saturated carbocycles. The molecule has 32 heavy (non-hydrogen) atoms. The maximum absolute atomic E-state index is 9.34. The van der Waals surface area contributed by atoms with Crippen LogP contribution in [0.2, 0.25) is 0 Å². The number of nitrogens with zero attached hydrogens (tertiary/aromatic N) is 2. The van der Waals surface area contributed by atoms with Crippen LogP contribution >= 0.6 is 0 Å². The van der Waals surface area contributed by atoms with Crippen molar-refractivity contribution < 1.29 is 5.94 Å². The molecule has 0 fully saturated rings. The Bertz CT molecular complexity index is 1440. The highest BCUT2D eigenvalue weighted by atomic mass is 15.2. The lowest BCUT2D eigenvalue weighted by Gasteiger charge is -2.30. The van der Waals surface area contributed by atoms with Crippen molar-refractivity contribution in [3.63, 3.8) is 0 Å². The highest BCUT2D eigenvalue weighted by Gasteiger charge is 2.53. The van der Waals surface area contributed by atoms with E-state index < -0.39 is 5.41 Å². The lowest BCUT2D eigenvalue weighted by atomic mass is 9.68. The normalized spacial score (nSPS) is 14.0. The Balaban J connectivity index is 1.82. The first kappa shape index (κ1) is 17.7. The first-order chi connectivity index (χ1) is 16.2. The zero-order chi connectivity index (χ0) is 22.6. The average molecular weight is 415 g/mol. The molecule has 2 heterocycles. The van der Waals surface area contributed by atoms with Gasteiger partial charge in [0.05, 0.1) is 0 Å². The van der Waals surface area contributed by atoms with Crippen molar-refractivity contribution in [1.82, 2.24) is 4.57 Å². The molecule has 1 aliphatic rings. The van der Waals surface area contributed by atoms with Crippen molar-refractivity contribution in [2.45, 2.75) is 19.3 Å². The number of fused-ring (bicyclic) bond motifs is 3. The van der Waals surface area contributed by atoms with Gasteiger partial charge in [-0.3, -0.25) is 0 Å². The Labute approximate surface area is 190 Å². The molecule has 0 N–H and O–H groups in total. The van der Waals surface area contributed by atoms with Gasteiger partial charge in [-0.1, -0.05) is 97.1 Å². The molecule has 154 valence electrons. The molecular formula is C30H25N2+. The SMILES string of the molecule is [2H]c1n2c(c(C)[n+]1-c1ccccc1C)C(c1ccccc1)(c1ccccc1)c1ccccc1-2. The summed E-state index contributed by atoms with van der Waals surface area (Å²) in [6.45, 7) is 4.27. The van der Waals surface area contributed by atoms with E-state index in [2.05, 4.69) is 126 Å². The van der Waals surface area contributed by atoms with E-state index in [0.717, 1.165) is 28.3 Å². The number of aryl methyl sites for hydroxylation is 1. The molecule has 0 amide bonds. The summed E-state index contributed by atoms with van der Waals surface area (Å²) in [6, 6.07) is 38.3. The van der Waals surface area contributed by atoms with Crippen LogP contribution in [0.3, 0.4) is 0 Å². The molecule has 0 atom stereocenters. The third-order valence-corrected chi connectivity index (χ3v) is 6.78. The van der Waals surface area contributed by atoms with Gasteiger partial charge in [0.2, 0.25) is 0 Å². The molecule has 0 radical (unpaired) electrons. The zero-order valence-corrected chi connectivity index (χ0v) is 18.3. The molecule has 0 saturated heterocycles. The third-order valence-electron chi connectivity index (χ3n) is 6.78. The summed E-state index contributed by atoms with van der Waals surface area (Å²) in [5, 5.41) is 0. The van der Waals surface area contributed by atoms with E-state index in [1.807, 2.05) is 6.07 Å². The number of para-hydroxylation sites is 2. The molecular weight excluding hydrogens is 388 g/mol.